The van der Waals surface area contributed by atoms with Gasteiger partial charge in [0.05, 0.1) is 0 Å². The van der Waals surface area contributed by atoms with Crippen LogP contribution in [0.25, 0.3) is 0 Å². The van der Waals surface area contributed by atoms with Gasteiger partial charge in [0.2, 0.25) is 0 Å². The van der Waals surface area contributed by atoms with Gasteiger partial charge in [0.1, 0.15) is 12.4 Å². The minimum atomic E-state index is 0.327. The van der Waals surface area contributed by atoms with Gasteiger partial charge in [-0.25, -0.2) is 0 Å². The van der Waals surface area contributed by atoms with Crippen LogP contribution in [0.5, 0.6) is 5.75 Å². The van der Waals surface area contributed by atoms with Crippen molar-refractivity contribution in [2.75, 3.05) is 26.2 Å². The van der Waals surface area contributed by atoms with Gasteiger partial charge in [-0.05, 0) is 37.2 Å². The highest BCUT2D eigenvalue weighted by Gasteiger charge is 2.19. The van der Waals surface area contributed by atoms with Crippen LogP contribution in [0.1, 0.15) is 6.42 Å². The van der Waals surface area contributed by atoms with Crippen molar-refractivity contribution in [1.29, 1.82) is 0 Å². The molecule has 0 aliphatic carbocycles. The molecule has 2 nitrogen and oxygen atoms in total. The van der Waals surface area contributed by atoms with E-state index in [1.807, 2.05) is 24.3 Å². The maximum Gasteiger partial charge on any atom is 0.119 e. The number of hydrogen-bond acceptors (Lipinski definition) is 2. The standard InChI is InChI=1S/C12H15BrClNO/c13-10-1-3-12(4-2-10)16-8-7-15-6-5-11(14)9-15/h1-4,11H,5-9H2. The van der Waals surface area contributed by atoms with Crippen molar-refractivity contribution in [2.24, 2.45) is 0 Å². The molecule has 1 saturated heterocycles. The van der Waals surface area contributed by atoms with Gasteiger partial charge >= 0.3 is 0 Å². The first-order valence-corrected chi connectivity index (χ1v) is 6.72. The lowest BCUT2D eigenvalue weighted by Crippen LogP contribution is -2.26. The zero-order chi connectivity index (χ0) is 11.4. The highest BCUT2D eigenvalue weighted by molar-refractivity contribution is 9.10. The molecule has 0 aromatic heterocycles. The van der Waals surface area contributed by atoms with Gasteiger partial charge in [-0.1, -0.05) is 15.9 Å². The molecule has 16 heavy (non-hydrogen) atoms. The molecule has 0 spiro atoms. The molecule has 0 amide bonds. The summed E-state index contributed by atoms with van der Waals surface area (Å²) < 4.78 is 6.73. The molecule has 2 rings (SSSR count). The second-order valence-electron chi connectivity index (χ2n) is 3.99. The summed E-state index contributed by atoms with van der Waals surface area (Å²) in [5.41, 5.74) is 0. The number of rotatable bonds is 4. The Morgan fingerprint density at radius 2 is 2.12 bits per heavy atom. The summed E-state index contributed by atoms with van der Waals surface area (Å²) in [6, 6.07) is 7.91. The van der Waals surface area contributed by atoms with Crippen molar-refractivity contribution < 1.29 is 4.74 Å². The molecule has 0 saturated carbocycles. The predicted molar refractivity (Wildman–Crippen MR) is 70.3 cm³/mol. The topological polar surface area (TPSA) is 12.5 Å². The molecule has 0 bridgehead atoms. The first-order chi connectivity index (χ1) is 7.74. The second kappa shape index (κ2) is 5.89. The number of ether oxygens (including phenoxy) is 1. The highest BCUT2D eigenvalue weighted by Crippen LogP contribution is 2.17. The summed E-state index contributed by atoms with van der Waals surface area (Å²) >= 11 is 9.43. The lowest BCUT2D eigenvalue weighted by atomic mass is 10.3. The Hall–Kier alpha value is -0.250. The number of benzene rings is 1. The molecule has 1 aromatic carbocycles. The summed E-state index contributed by atoms with van der Waals surface area (Å²) in [6.07, 6.45) is 1.10. The van der Waals surface area contributed by atoms with Crippen LogP contribution in [0.3, 0.4) is 0 Å². The third kappa shape index (κ3) is 3.65. The first kappa shape index (κ1) is 12.2. The maximum absolute atomic E-state index is 6.03. The molecule has 88 valence electrons. The van der Waals surface area contributed by atoms with E-state index in [0.29, 0.717) is 5.38 Å². The van der Waals surface area contributed by atoms with E-state index in [2.05, 4.69) is 20.8 Å². The molecule has 0 N–H and O–H groups in total. The summed E-state index contributed by atoms with van der Waals surface area (Å²) in [5.74, 6) is 0.921. The summed E-state index contributed by atoms with van der Waals surface area (Å²) in [6.45, 7) is 3.77. The fraction of sp³-hybridized carbons (Fsp3) is 0.500. The Balaban J connectivity index is 1.70. The van der Waals surface area contributed by atoms with Crippen LogP contribution in [0.4, 0.5) is 0 Å². The van der Waals surface area contributed by atoms with Gasteiger partial charge in [-0.15, -0.1) is 11.6 Å². The molecule has 1 heterocycles. The third-order valence-corrected chi connectivity index (χ3v) is 3.59. The molecule has 1 aliphatic rings. The van der Waals surface area contributed by atoms with E-state index < -0.39 is 0 Å². The van der Waals surface area contributed by atoms with Crippen molar-refractivity contribution in [2.45, 2.75) is 11.8 Å². The smallest absolute Gasteiger partial charge is 0.119 e. The lowest BCUT2D eigenvalue weighted by molar-refractivity contribution is 0.238. The van der Waals surface area contributed by atoms with Crippen LogP contribution in [0, 0.1) is 0 Å². The minimum Gasteiger partial charge on any atom is -0.492 e. The SMILES string of the molecule is ClC1CCN(CCOc2ccc(Br)cc2)C1. The Kier molecular flexibility index (Phi) is 4.50. The van der Waals surface area contributed by atoms with E-state index in [1.54, 1.807) is 0 Å². The van der Waals surface area contributed by atoms with Crippen LogP contribution in [-0.4, -0.2) is 36.5 Å². The van der Waals surface area contributed by atoms with Gasteiger partial charge in [0.25, 0.3) is 0 Å². The van der Waals surface area contributed by atoms with Crippen molar-refractivity contribution in [3.8, 4) is 5.75 Å². The Morgan fingerprint density at radius 3 is 2.75 bits per heavy atom. The van der Waals surface area contributed by atoms with E-state index in [1.165, 1.54) is 0 Å². The third-order valence-electron chi connectivity index (χ3n) is 2.70. The molecule has 0 radical (unpaired) electrons. The lowest BCUT2D eigenvalue weighted by Gasteiger charge is -2.15. The summed E-state index contributed by atoms with van der Waals surface area (Å²) in [4.78, 5) is 2.34. The number of likely N-dealkylation sites (tertiary alicyclic amines) is 1. The van der Waals surface area contributed by atoms with Gasteiger partial charge < -0.3 is 4.74 Å². The second-order valence-corrected chi connectivity index (χ2v) is 5.52. The molecule has 1 aromatic rings. The van der Waals surface area contributed by atoms with Gasteiger partial charge in [-0.2, -0.15) is 0 Å². The van der Waals surface area contributed by atoms with E-state index >= 15 is 0 Å². The van der Waals surface area contributed by atoms with Crippen molar-refractivity contribution in [3.05, 3.63) is 28.7 Å². The van der Waals surface area contributed by atoms with Crippen LogP contribution in [0.2, 0.25) is 0 Å². The molecule has 4 heteroatoms. The van der Waals surface area contributed by atoms with Crippen LogP contribution in [0.15, 0.2) is 28.7 Å². The monoisotopic (exact) mass is 303 g/mol. The highest BCUT2D eigenvalue weighted by atomic mass is 79.9. The van der Waals surface area contributed by atoms with Gasteiger partial charge in [0.15, 0.2) is 0 Å². The fourth-order valence-corrected chi connectivity index (χ4v) is 2.37. The zero-order valence-electron chi connectivity index (χ0n) is 9.03. The predicted octanol–water partition coefficient (Wildman–Crippen LogP) is 3.14. The van der Waals surface area contributed by atoms with Crippen molar-refractivity contribution in [1.82, 2.24) is 4.90 Å². The molecular weight excluding hydrogens is 289 g/mol. The molecule has 1 fully saturated rings. The molecular formula is C12H15BrClNO. The van der Waals surface area contributed by atoms with Crippen LogP contribution < -0.4 is 4.74 Å². The quantitative estimate of drug-likeness (QED) is 0.792. The van der Waals surface area contributed by atoms with E-state index in [-0.39, 0.29) is 0 Å². The molecule has 1 atom stereocenters. The average molecular weight is 305 g/mol. The number of nitrogens with zero attached hydrogens (tertiary/aromatic N) is 1. The first-order valence-electron chi connectivity index (χ1n) is 5.49. The average Bonchev–Trinajstić information content (AvgIpc) is 2.67. The minimum absolute atomic E-state index is 0.327. The van der Waals surface area contributed by atoms with Crippen LogP contribution >= 0.6 is 27.5 Å². The van der Waals surface area contributed by atoms with Crippen molar-refractivity contribution in [3.63, 3.8) is 0 Å². The number of halogens is 2. The number of alkyl halides is 1. The summed E-state index contributed by atoms with van der Waals surface area (Å²) in [5, 5.41) is 0.327. The molecule has 1 aliphatic heterocycles. The fourth-order valence-electron chi connectivity index (χ4n) is 1.81. The van der Waals surface area contributed by atoms with E-state index in [4.69, 9.17) is 16.3 Å². The van der Waals surface area contributed by atoms with Gasteiger partial charge in [-0.3, -0.25) is 4.90 Å². The molecule has 1 unspecified atom stereocenters. The maximum atomic E-state index is 6.03. The number of hydrogen-bond donors (Lipinski definition) is 0. The van der Waals surface area contributed by atoms with E-state index in [0.717, 1.165) is 42.9 Å². The summed E-state index contributed by atoms with van der Waals surface area (Å²) in [7, 11) is 0. The van der Waals surface area contributed by atoms with Gasteiger partial charge in [0, 0.05) is 22.9 Å². The Bertz CT molecular complexity index is 330. The zero-order valence-corrected chi connectivity index (χ0v) is 11.4. The van der Waals surface area contributed by atoms with Crippen LogP contribution in [-0.2, 0) is 0 Å². The Labute approximate surface area is 110 Å². The Morgan fingerprint density at radius 1 is 1.38 bits per heavy atom. The van der Waals surface area contributed by atoms with E-state index in [9.17, 15) is 0 Å². The van der Waals surface area contributed by atoms with Crippen molar-refractivity contribution >= 4 is 27.5 Å². The normalized spacial score (nSPS) is 21.2. The largest absolute Gasteiger partial charge is 0.492 e.